The Balaban J connectivity index is 1.89. The van der Waals surface area contributed by atoms with Crippen molar-refractivity contribution >= 4 is 40.0 Å². The molecular formula is C16H21NO3S2. The van der Waals surface area contributed by atoms with Crippen LogP contribution in [0.5, 0.6) is 0 Å². The summed E-state index contributed by atoms with van der Waals surface area (Å²) < 4.78 is 0. The number of carboxylic acid groups (broad SMARTS) is 1. The molecule has 1 saturated carbocycles. The monoisotopic (exact) mass is 339 g/mol. The standard InChI is InChI=1S/C16H21NO3S2/c1-15(2)11(16(15,3)4)12(18)17-13-10(14(19)20)8-5-6-21-7-9(8)22-13/h11H,5-7H2,1-4H3,(H,17,18)(H,19,20). The summed E-state index contributed by atoms with van der Waals surface area (Å²) in [5.41, 5.74) is 1.13. The molecule has 1 aromatic rings. The zero-order chi connectivity index (χ0) is 16.3. The summed E-state index contributed by atoms with van der Waals surface area (Å²) in [5.74, 6) is 0.726. The maximum atomic E-state index is 12.6. The Kier molecular flexibility index (Phi) is 3.60. The third-order valence-electron chi connectivity index (χ3n) is 5.55. The highest BCUT2D eigenvalue weighted by Crippen LogP contribution is 2.68. The van der Waals surface area contributed by atoms with Crippen LogP contribution in [0, 0.1) is 16.7 Å². The molecule has 2 aliphatic rings. The molecule has 0 bridgehead atoms. The van der Waals surface area contributed by atoms with Gasteiger partial charge in [0, 0.05) is 16.5 Å². The van der Waals surface area contributed by atoms with Gasteiger partial charge in [-0.1, -0.05) is 27.7 Å². The lowest BCUT2D eigenvalue weighted by molar-refractivity contribution is -0.118. The molecule has 1 fully saturated rings. The van der Waals surface area contributed by atoms with Crippen molar-refractivity contribution in [1.29, 1.82) is 0 Å². The van der Waals surface area contributed by atoms with E-state index in [0.29, 0.717) is 10.6 Å². The Labute approximate surface area is 138 Å². The van der Waals surface area contributed by atoms with Crippen LogP contribution in [0.2, 0.25) is 0 Å². The Morgan fingerprint density at radius 3 is 2.41 bits per heavy atom. The average molecular weight is 339 g/mol. The van der Waals surface area contributed by atoms with Crippen molar-refractivity contribution in [3.8, 4) is 0 Å². The second-order valence-corrected chi connectivity index (χ2v) is 9.39. The molecule has 0 saturated heterocycles. The van der Waals surface area contributed by atoms with Gasteiger partial charge in [-0.05, 0) is 28.6 Å². The third kappa shape index (κ3) is 2.19. The van der Waals surface area contributed by atoms with Gasteiger partial charge in [-0.15, -0.1) is 11.3 Å². The Hall–Kier alpha value is -1.01. The maximum Gasteiger partial charge on any atom is 0.339 e. The van der Waals surface area contributed by atoms with E-state index in [0.717, 1.165) is 28.4 Å². The molecule has 120 valence electrons. The summed E-state index contributed by atoms with van der Waals surface area (Å²) in [6.07, 6.45) is 0.772. The van der Waals surface area contributed by atoms with Gasteiger partial charge in [0.2, 0.25) is 5.91 Å². The molecule has 0 spiro atoms. The fraction of sp³-hybridized carbons (Fsp3) is 0.625. The van der Waals surface area contributed by atoms with Crippen LogP contribution in [-0.4, -0.2) is 22.7 Å². The van der Waals surface area contributed by atoms with Gasteiger partial charge in [-0.2, -0.15) is 11.8 Å². The largest absolute Gasteiger partial charge is 0.478 e. The fourth-order valence-corrected chi connectivity index (χ4v) is 5.96. The predicted octanol–water partition coefficient (Wildman–Crippen LogP) is 3.86. The molecule has 2 N–H and O–H groups in total. The molecule has 0 aromatic carbocycles. The molecule has 6 heteroatoms. The molecule has 22 heavy (non-hydrogen) atoms. The molecule has 2 heterocycles. The Bertz CT molecular complexity index is 647. The quantitative estimate of drug-likeness (QED) is 0.877. The van der Waals surface area contributed by atoms with Crippen molar-refractivity contribution in [1.82, 2.24) is 0 Å². The first-order chi connectivity index (χ1) is 10.2. The van der Waals surface area contributed by atoms with Crippen LogP contribution in [-0.2, 0) is 17.0 Å². The van der Waals surface area contributed by atoms with Gasteiger partial charge in [0.15, 0.2) is 0 Å². The second-order valence-electron chi connectivity index (χ2n) is 7.18. The number of carbonyl (C=O) groups is 2. The number of carboxylic acids is 1. The van der Waals surface area contributed by atoms with Gasteiger partial charge in [0.05, 0.1) is 5.56 Å². The van der Waals surface area contributed by atoms with E-state index in [-0.39, 0.29) is 22.7 Å². The molecule has 4 nitrogen and oxygen atoms in total. The van der Waals surface area contributed by atoms with Crippen molar-refractivity contribution in [3.05, 3.63) is 16.0 Å². The highest BCUT2D eigenvalue weighted by atomic mass is 32.2. The van der Waals surface area contributed by atoms with Crippen LogP contribution in [0.4, 0.5) is 5.00 Å². The number of hydrogen-bond acceptors (Lipinski definition) is 4. The van der Waals surface area contributed by atoms with E-state index in [4.69, 9.17) is 0 Å². The summed E-state index contributed by atoms with van der Waals surface area (Å²) in [4.78, 5) is 25.3. The summed E-state index contributed by atoms with van der Waals surface area (Å²) >= 11 is 3.24. The number of aromatic carboxylic acids is 1. The Morgan fingerprint density at radius 2 is 1.86 bits per heavy atom. The van der Waals surface area contributed by atoms with Crippen molar-refractivity contribution in [3.63, 3.8) is 0 Å². The van der Waals surface area contributed by atoms with Gasteiger partial charge in [-0.25, -0.2) is 4.79 Å². The number of nitrogens with one attached hydrogen (secondary N) is 1. The van der Waals surface area contributed by atoms with Crippen LogP contribution in [0.25, 0.3) is 0 Å². The van der Waals surface area contributed by atoms with Gasteiger partial charge in [0.1, 0.15) is 5.00 Å². The molecule has 1 aliphatic carbocycles. The molecule has 1 aromatic heterocycles. The van der Waals surface area contributed by atoms with Crippen molar-refractivity contribution in [2.75, 3.05) is 11.1 Å². The summed E-state index contributed by atoms with van der Waals surface area (Å²) in [5, 5.41) is 13.0. The number of fused-ring (bicyclic) bond motifs is 1. The Morgan fingerprint density at radius 1 is 1.23 bits per heavy atom. The number of amides is 1. The van der Waals surface area contributed by atoms with E-state index in [2.05, 4.69) is 33.0 Å². The molecule has 1 amide bonds. The minimum absolute atomic E-state index is 0.0484. The van der Waals surface area contributed by atoms with E-state index in [1.165, 1.54) is 11.3 Å². The zero-order valence-corrected chi connectivity index (χ0v) is 14.9. The topological polar surface area (TPSA) is 66.4 Å². The summed E-state index contributed by atoms with van der Waals surface area (Å²) in [7, 11) is 0. The van der Waals surface area contributed by atoms with Crippen LogP contribution in [0.15, 0.2) is 0 Å². The summed E-state index contributed by atoms with van der Waals surface area (Å²) in [6, 6.07) is 0. The van der Waals surface area contributed by atoms with Gasteiger partial charge >= 0.3 is 5.97 Å². The lowest BCUT2D eigenvalue weighted by Crippen LogP contribution is -2.18. The summed E-state index contributed by atoms with van der Waals surface area (Å²) in [6.45, 7) is 8.35. The lowest BCUT2D eigenvalue weighted by Gasteiger charge is -2.10. The molecule has 1 aliphatic heterocycles. The minimum Gasteiger partial charge on any atom is -0.478 e. The lowest BCUT2D eigenvalue weighted by atomic mass is 10.0. The molecule has 3 rings (SSSR count). The number of anilines is 1. The number of thiophene rings is 1. The maximum absolute atomic E-state index is 12.6. The third-order valence-corrected chi connectivity index (χ3v) is 7.87. The number of hydrogen-bond donors (Lipinski definition) is 2. The van der Waals surface area contributed by atoms with E-state index in [1.807, 2.05) is 11.8 Å². The van der Waals surface area contributed by atoms with Crippen LogP contribution in [0.3, 0.4) is 0 Å². The highest BCUT2D eigenvalue weighted by molar-refractivity contribution is 7.98. The van der Waals surface area contributed by atoms with E-state index < -0.39 is 5.97 Å². The first-order valence-electron chi connectivity index (χ1n) is 7.44. The molecule has 0 atom stereocenters. The normalized spacial score (nSPS) is 22.0. The SMILES string of the molecule is CC1(C)C(C(=O)Nc2sc3c(c2C(=O)O)CCSC3)C1(C)C. The average Bonchev–Trinajstić information content (AvgIpc) is 2.68. The van der Waals surface area contributed by atoms with Crippen molar-refractivity contribution in [2.45, 2.75) is 39.9 Å². The predicted molar refractivity (Wildman–Crippen MR) is 90.8 cm³/mol. The number of carbonyl (C=O) groups excluding carboxylic acids is 1. The van der Waals surface area contributed by atoms with E-state index in [1.54, 1.807) is 0 Å². The van der Waals surface area contributed by atoms with Crippen LogP contribution in [0.1, 0.15) is 48.5 Å². The zero-order valence-electron chi connectivity index (χ0n) is 13.3. The molecular weight excluding hydrogens is 318 g/mol. The van der Waals surface area contributed by atoms with Crippen LogP contribution < -0.4 is 5.32 Å². The van der Waals surface area contributed by atoms with E-state index >= 15 is 0 Å². The second kappa shape index (κ2) is 4.99. The van der Waals surface area contributed by atoms with Crippen molar-refractivity contribution < 1.29 is 14.7 Å². The molecule has 0 radical (unpaired) electrons. The minimum atomic E-state index is -0.936. The van der Waals surface area contributed by atoms with Crippen LogP contribution >= 0.6 is 23.1 Å². The van der Waals surface area contributed by atoms with E-state index in [9.17, 15) is 14.7 Å². The number of thioether (sulfide) groups is 1. The smallest absolute Gasteiger partial charge is 0.339 e. The van der Waals surface area contributed by atoms with Gasteiger partial charge in [0.25, 0.3) is 0 Å². The first-order valence-corrected chi connectivity index (χ1v) is 9.41. The van der Waals surface area contributed by atoms with Crippen molar-refractivity contribution in [2.24, 2.45) is 16.7 Å². The molecule has 0 unspecified atom stereocenters. The first kappa shape index (κ1) is 15.9. The number of rotatable bonds is 3. The highest BCUT2D eigenvalue weighted by Gasteiger charge is 2.68. The van der Waals surface area contributed by atoms with Gasteiger partial charge in [-0.3, -0.25) is 4.79 Å². The fourth-order valence-electron chi connectivity index (χ4n) is 3.58. The van der Waals surface area contributed by atoms with Gasteiger partial charge < -0.3 is 10.4 Å².